The Morgan fingerprint density at radius 1 is 1.32 bits per heavy atom. The van der Waals surface area contributed by atoms with Crippen LogP contribution in [-0.4, -0.2) is 17.4 Å². The molecular weight excluding hydrogens is 261 g/mol. The standard InChI is InChI=1S/C13H15F3O3/c1-2-3-4-11(12(17)18)9-5-7-10(8-6-9)19-13(14,15)16/h5-8,11H,2-4H2,1H3,(H,17,18). The van der Waals surface area contributed by atoms with Crippen LogP contribution in [0.2, 0.25) is 0 Å². The number of halogens is 3. The molecule has 0 bridgehead atoms. The summed E-state index contributed by atoms with van der Waals surface area (Å²) in [5.41, 5.74) is 0.482. The van der Waals surface area contributed by atoms with Crippen LogP contribution in [0, 0.1) is 0 Å². The van der Waals surface area contributed by atoms with Crippen molar-refractivity contribution < 1.29 is 27.8 Å². The highest BCUT2D eigenvalue weighted by atomic mass is 19.4. The molecule has 0 fully saturated rings. The fourth-order valence-electron chi connectivity index (χ4n) is 1.74. The number of hydrogen-bond donors (Lipinski definition) is 1. The molecule has 3 nitrogen and oxygen atoms in total. The van der Waals surface area contributed by atoms with Crippen LogP contribution in [0.3, 0.4) is 0 Å². The first kappa shape index (κ1) is 15.3. The smallest absolute Gasteiger partial charge is 0.481 e. The molecule has 0 saturated heterocycles. The van der Waals surface area contributed by atoms with Gasteiger partial charge in [-0.3, -0.25) is 4.79 Å². The average molecular weight is 276 g/mol. The predicted molar refractivity (Wildman–Crippen MR) is 63.0 cm³/mol. The van der Waals surface area contributed by atoms with E-state index in [1.54, 1.807) is 0 Å². The van der Waals surface area contributed by atoms with E-state index in [9.17, 15) is 18.0 Å². The van der Waals surface area contributed by atoms with Crippen molar-refractivity contribution in [3.63, 3.8) is 0 Å². The third-order valence-corrected chi connectivity index (χ3v) is 2.66. The molecule has 1 N–H and O–H groups in total. The Morgan fingerprint density at radius 2 is 1.89 bits per heavy atom. The maximum Gasteiger partial charge on any atom is 0.573 e. The first-order valence-electron chi connectivity index (χ1n) is 5.92. The minimum Gasteiger partial charge on any atom is -0.481 e. The summed E-state index contributed by atoms with van der Waals surface area (Å²) in [5, 5.41) is 9.10. The van der Waals surface area contributed by atoms with E-state index < -0.39 is 18.2 Å². The second-order valence-electron chi connectivity index (χ2n) is 4.15. The SMILES string of the molecule is CCCCC(C(=O)O)c1ccc(OC(F)(F)F)cc1. The number of unbranched alkanes of at least 4 members (excludes halogenated alkanes) is 1. The van der Waals surface area contributed by atoms with E-state index in [-0.39, 0.29) is 5.75 Å². The van der Waals surface area contributed by atoms with Crippen LogP contribution in [0.5, 0.6) is 5.75 Å². The van der Waals surface area contributed by atoms with Gasteiger partial charge in [0.25, 0.3) is 0 Å². The van der Waals surface area contributed by atoms with Gasteiger partial charge in [-0.2, -0.15) is 0 Å². The number of aliphatic carboxylic acids is 1. The molecule has 1 aromatic rings. The summed E-state index contributed by atoms with van der Waals surface area (Å²) in [4.78, 5) is 11.1. The zero-order chi connectivity index (χ0) is 14.5. The van der Waals surface area contributed by atoms with Crippen molar-refractivity contribution in [3.8, 4) is 5.75 Å². The Morgan fingerprint density at radius 3 is 2.32 bits per heavy atom. The number of carbonyl (C=O) groups is 1. The second kappa shape index (κ2) is 6.45. The van der Waals surface area contributed by atoms with Crippen molar-refractivity contribution in [2.45, 2.75) is 38.5 Å². The molecule has 19 heavy (non-hydrogen) atoms. The highest BCUT2D eigenvalue weighted by Gasteiger charge is 2.31. The van der Waals surface area contributed by atoms with Gasteiger partial charge in [-0.1, -0.05) is 31.9 Å². The Balaban J connectivity index is 2.80. The average Bonchev–Trinajstić information content (AvgIpc) is 2.29. The minimum atomic E-state index is -4.74. The zero-order valence-corrected chi connectivity index (χ0v) is 10.4. The van der Waals surface area contributed by atoms with Crippen molar-refractivity contribution in [3.05, 3.63) is 29.8 Å². The van der Waals surface area contributed by atoms with Crippen molar-refractivity contribution in [2.75, 3.05) is 0 Å². The molecule has 0 aromatic heterocycles. The second-order valence-corrected chi connectivity index (χ2v) is 4.15. The summed E-state index contributed by atoms with van der Waals surface area (Å²) in [6, 6.07) is 4.97. The van der Waals surface area contributed by atoms with Gasteiger partial charge in [0, 0.05) is 0 Å². The van der Waals surface area contributed by atoms with E-state index in [0.29, 0.717) is 12.0 Å². The maximum absolute atomic E-state index is 12.0. The molecule has 0 heterocycles. The normalized spacial score (nSPS) is 13.1. The lowest BCUT2D eigenvalue weighted by atomic mass is 9.94. The number of alkyl halides is 3. The molecule has 106 valence electrons. The molecular formula is C13H15F3O3. The summed E-state index contributed by atoms with van der Waals surface area (Å²) in [6.07, 6.45) is -2.67. The van der Waals surface area contributed by atoms with Gasteiger partial charge in [0.2, 0.25) is 0 Å². The highest BCUT2D eigenvalue weighted by Crippen LogP contribution is 2.27. The first-order valence-corrected chi connectivity index (χ1v) is 5.92. The van der Waals surface area contributed by atoms with Crippen LogP contribution in [0.4, 0.5) is 13.2 Å². The largest absolute Gasteiger partial charge is 0.573 e. The highest BCUT2D eigenvalue weighted by molar-refractivity contribution is 5.76. The Hall–Kier alpha value is -1.72. The first-order chi connectivity index (χ1) is 8.83. The zero-order valence-electron chi connectivity index (χ0n) is 10.4. The van der Waals surface area contributed by atoms with Crippen LogP contribution in [0.1, 0.15) is 37.7 Å². The van der Waals surface area contributed by atoms with E-state index in [4.69, 9.17) is 5.11 Å². The van der Waals surface area contributed by atoms with Gasteiger partial charge in [-0.25, -0.2) is 0 Å². The van der Waals surface area contributed by atoms with Gasteiger partial charge in [0.1, 0.15) is 5.75 Å². The van der Waals surface area contributed by atoms with Crippen LogP contribution in [-0.2, 0) is 4.79 Å². The number of carboxylic acid groups (broad SMARTS) is 1. The monoisotopic (exact) mass is 276 g/mol. The van der Waals surface area contributed by atoms with E-state index in [0.717, 1.165) is 25.0 Å². The van der Waals surface area contributed by atoms with E-state index in [1.165, 1.54) is 12.1 Å². The Kier molecular flexibility index (Phi) is 5.20. The van der Waals surface area contributed by atoms with Crippen LogP contribution in [0.15, 0.2) is 24.3 Å². The maximum atomic E-state index is 12.0. The molecule has 0 radical (unpaired) electrons. The number of benzene rings is 1. The van der Waals surface area contributed by atoms with Gasteiger partial charge in [0.05, 0.1) is 5.92 Å². The molecule has 0 aliphatic carbocycles. The van der Waals surface area contributed by atoms with E-state index in [2.05, 4.69) is 4.74 Å². The molecule has 1 unspecified atom stereocenters. The van der Waals surface area contributed by atoms with Gasteiger partial charge in [-0.15, -0.1) is 13.2 Å². The van der Waals surface area contributed by atoms with Gasteiger partial charge in [0.15, 0.2) is 0 Å². The summed E-state index contributed by atoms with van der Waals surface area (Å²) in [5.74, 6) is -2.02. The quantitative estimate of drug-likeness (QED) is 0.855. The summed E-state index contributed by atoms with van der Waals surface area (Å²) in [7, 11) is 0. The van der Waals surface area contributed by atoms with Gasteiger partial charge in [-0.05, 0) is 24.1 Å². The molecule has 0 aliphatic rings. The molecule has 6 heteroatoms. The number of hydrogen-bond acceptors (Lipinski definition) is 2. The lowest BCUT2D eigenvalue weighted by molar-refractivity contribution is -0.274. The summed E-state index contributed by atoms with van der Waals surface area (Å²) >= 11 is 0. The summed E-state index contributed by atoms with van der Waals surface area (Å²) in [6.45, 7) is 1.94. The third kappa shape index (κ3) is 5.19. The molecule has 1 atom stereocenters. The van der Waals surface area contributed by atoms with Crippen molar-refractivity contribution >= 4 is 5.97 Å². The lowest BCUT2D eigenvalue weighted by Gasteiger charge is -2.13. The van der Waals surface area contributed by atoms with E-state index in [1.807, 2.05) is 6.92 Å². The molecule has 0 amide bonds. The van der Waals surface area contributed by atoms with Crippen molar-refractivity contribution in [1.82, 2.24) is 0 Å². The molecule has 0 saturated carbocycles. The number of rotatable bonds is 6. The number of carboxylic acids is 1. The van der Waals surface area contributed by atoms with Crippen LogP contribution >= 0.6 is 0 Å². The number of ether oxygens (including phenoxy) is 1. The topological polar surface area (TPSA) is 46.5 Å². The Bertz CT molecular complexity index is 412. The van der Waals surface area contributed by atoms with Crippen molar-refractivity contribution in [1.29, 1.82) is 0 Å². The molecule has 1 aromatic carbocycles. The summed E-state index contributed by atoms with van der Waals surface area (Å²) < 4.78 is 39.7. The lowest BCUT2D eigenvalue weighted by Crippen LogP contribution is -2.17. The van der Waals surface area contributed by atoms with E-state index >= 15 is 0 Å². The van der Waals surface area contributed by atoms with Crippen LogP contribution < -0.4 is 4.74 Å². The fourth-order valence-corrected chi connectivity index (χ4v) is 1.74. The van der Waals surface area contributed by atoms with Gasteiger partial charge >= 0.3 is 12.3 Å². The van der Waals surface area contributed by atoms with Crippen molar-refractivity contribution in [2.24, 2.45) is 0 Å². The third-order valence-electron chi connectivity index (χ3n) is 2.66. The Labute approximate surface area is 109 Å². The molecule has 1 rings (SSSR count). The fraction of sp³-hybridized carbons (Fsp3) is 0.462. The van der Waals surface area contributed by atoms with Crippen LogP contribution in [0.25, 0.3) is 0 Å². The molecule has 0 spiro atoms. The molecule has 0 aliphatic heterocycles. The van der Waals surface area contributed by atoms with Gasteiger partial charge < -0.3 is 9.84 Å². The minimum absolute atomic E-state index is 0.351. The predicted octanol–water partition coefficient (Wildman–Crippen LogP) is 3.94.